The Bertz CT molecular complexity index is 818. The molecular formula is C17H17F2NO6. The molecule has 0 aliphatic rings. The van der Waals surface area contributed by atoms with E-state index >= 15 is 0 Å². The molecule has 0 atom stereocenters. The number of aryl methyl sites for hydroxylation is 1. The number of alkyl halides is 2. The molecule has 0 spiro atoms. The SMILES string of the molecule is COc1cc(C(=O)N(C)Cc2cc(C(=O)O)c(C)o2)ccc1OC(F)F. The topological polar surface area (TPSA) is 89.2 Å². The molecule has 26 heavy (non-hydrogen) atoms. The Morgan fingerprint density at radius 3 is 2.50 bits per heavy atom. The summed E-state index contributed by atoms with van der Waals surface area (Å²) in [6.07, 6.45) is 0. The number of hydrogen-bond donors (Lipinski definition) is 1. The second-order valence-corrected chi connectivity index (χ2v) is 5.39. The number of rotatable bonds is 7. The Hall–Kier alpha value is -3.10. The number of nitrogens with zero attached hydrogens (tertiary/aromatic N) is 1. The molecule has 0 bridgehead atoms. The molecule has 0 fully saturated rings. The van der Waals surface area contributed by atoms with Crippen molar-refractivity contribution in [1.29, 1.82) is 0 Å². The zero-order valence-electron chi connectivity index (χ0n) is 14.3. The van der Waals surface area contributed by atoms with Crippen molar-refractivity contribution in [2.45, 2.75) is 20.1 Å². The molecular weight excluding hydrogens is 352 g/mol. The second-order valence-electron chi connectivity index (χ2n) is 5.39. The average Bonchev–Trinajstić information content (AvgIpc) is 2.94. The Labute approximate surface area is 147 Å². The largest absolute Gasteiger partial charge is 0.493 e. The number of carboxylic acid groups (broad SMARTS) is 1. The first-order chi connectivity index (χ1) is 12.2. The van der Waals surface area contributed by atoms with Crippen molar-refractivity contribution < 1.29 is 37.4 Å². The molecule has 0 unspecified atom stereocenters. The van der Waals surface area contributed by atoms with Crippen molar-refractivity contribution in [3.8, 4) is 11.5 Å². The first kappa shape index (κ1) is 19.2. The van der Waals surface area contributed by atoms with Gasteiger partial charge in [0.15, 0.2) is 11.5 Å². The monoisotopic (exact) mass is 369 g/mol. The van der Waals surface area contributed by atoms with Crippen molar-refractivity contribution >= 4 is 11.9 Å². The summed E-state index contributed by atoms with van der Waals surface area (Å²) < 4.78 is 39.3. The highest BCUT2D eigenvalue weighted by Gasteiger charge is 2.19. The summed E-state index contributed by atoms with van der Waals surface area (Å²) in [7, 11) is 2.77. The van der Waals surface area contributed by atoms with Gasteiger partial charge in [-0.15, -0.1) is 0 Å². The lowest BCUT2D eigenvalue weighted by atomic mass is 10.1. The van der Waals surface area contributed by atoms with E-state index in [4.69, 9.17) is 14.3 Å². The molecule has 140 valence electrons. The lowest BCUT2D eigenvalue weighted by Crippen LogP contribution is -2.26. The van der Waals surface area contributed by atoms with Gasteiger partial charge >= 0.3 is 12.6 Å². The quantitative estimate of drug-likeness (QED) is 0.806. The molecule has 1 aromatic carbocycles. The molecule has 1 aromatic heterocycles. The number of ether oxygens (including phenoxy) is 2. The Morgan fingerprint density at radius 2 is 1.96 bits per heavy atom. The molecule has 1 N–H and O–H groups in total. The Balaban J connectivity index is 2.17. The number of benzene rings is 1. The van der Waals surface area contributed by atoms with Gasteiger partial charge in [0, 0.05) is 12.6 Å². The Kier molecular flexibility index (Phi) is 5.81. The zero-order valence-corrected chi connectivity index (χ0v) is 14.3. The van der Waals surface area contributed by atoms with Crippen LogP contribution in [0.3, 0.4) is 0 Å². The predicted molar refractivity (Wildman–Crippen MR) is 85.8 cm³/mol. The molecule has 0 saturated carbocycles. The number of amides is 1. The lowest BCUT2D eigenvalue weighted by Gasteiger charge is -2.17. The minimum Gasteiger partial charge on any atom is -0.493 e. The van der Waals surface area contributed by atoms with Crippen LogP contribution in [0.4, 0.5) is 8.78 Å². The normalized spacial score (nSPS) is 10.7. The third-order valence-corrected chi connectivity index (χ3v) is 3.57. The molecule has 0 aliphatic heterocycles. The van der Waals surface area contributed by atoms with Crippen molar-refractivity contribution in [3.05, 3.63) is 46.9 Å². The van der Waals surface area contributed by atoms with Crippen LogP contribution in [0.2, 0.25) is 0 Å². The number of carbonyl (C=O) groups is 2. The van der Waals surface area contributed by atoms with Gasteiger partial charge < -0.3 is 23.9 Å². The lowest BCUT2D eigenvalue weighted by molar-refractivity contribution is -0.0512. The van der Waals surface area contributed by atoms with Gasteiger partial charge in [-0.05, 0) is 31.2 Å². The number of carboxylic acids is 1. The van der Waals surface area contributed by atoms with Crippen LogP contribution >= 0.6 is 0 Å². The highest BCUT2D eigenvalue weighted by Crippen LogP contribution is 2.30. The van der Waals surface area contributed by atoms with E-state index in [9.17, 15) is 18.4 Å². The summed E-state index contributed by atoms with van der Waals surface area (Å²) in [6.45, 7) is -1.47. The summed E-state index contributed by atoms with van der Waals surface area (Å²) in [6, 6.07) is 5.18. The zero-order chi connectivity index (χ0) is 19.4. The maximum absolute atomic E-state index is 12.5. The summed E-state index contributed by atoms with van der Waals surface area (Å²) in [4.78, 5) is 24.8. The van der Waals surface area contributed by atoms with Gasteiger partial charge in [0.2, 0.25) is 0 Å². The molecule has 0 saturated heterocycles. The standard InChI is InChI=1S/C17H17F2NO6/c1-9-12(16(22)23)7-11(25-9)8-20(2)15(21)10-4-5-13(26-17(18)19)14(6-10)24-3/h4-7,17H,8H2,1-3H3,(H,22,23). The summed E-state index contributed by atoms with van der Waals surface area (Å²) in [5.41, 5.74) is 0.212. The molecule has 1 amide bonds. The van der Waals surface area contributed by atoms with Gasteiger partial charge in [-0.25, -0.2) is 4.79 Å². The predicted octanol–water partition coefficient (Wildman–Crippen LogP) is 3.17. The molecule has 2 rings (SSSR count). The van der Waals surface area contributed by atoms with Crippen LogP contribution in [0.1, 0.15) is 32.2 Å². The van der Waals surface area contributed by atoms with E-state index in [1.807, 2.05) is 0 Å². The fraction of sp³-hybridized carbons (Fsp3) is 0.294. The highest BCUT2D eigenvalue weighted by atomic mass is 19.3. The van der Waals surface area contributed by atoms with Crippen LogP contribution in [0.5, 0.6) is 11.5 Å². The molecule has 0 radical (unpaired) electrons. The van der Waals surface area contributed by atoms with Gasteiger partial charge in [-0.2, -0.15) is 8.78 Å². The molecule has 0 aliphatic carbocycles. The van der Waals surface area contributed by atoms with E-state index in [0.29, 0.717) is 5.76 Å². The maximum Gasteiger partial charge on any atom is 0.387 e. The summed E-state index contributed by atoms with van der Waals surface area (Å²) in [5, 5.41) is 9.03. The average molecular weight is 369 g/mol. The van der Waals surface area contributed by atoms with Crippen LogP contribution in [0.25, 0.3) is 0 Å². The number of aromatic carboxylic acids is 1. The number of methoxy groups -OCH3 is 1. The van der Waals surface area contributed by atoms with Crippen LogP contribution in [0.15, 0.2) is 28.7 Å². The molecule has 1 heterocycles. The maximum atomic E-state index is 12.5. The van der Waals surface area contributed by atoms with Crippen LogP contribution < -0.4 is 9.47 Å². The summed E-state index contributed by atoms with van der Waals surface area (Å²) >= 11 is 0. The van der Waals surface area contributed by atoms with E-state index in [1.165, 1.54) is 50.2 Å². The highest BCUT2D eigenvalue weighted by molar-refractivity contribution is 5.94. The van der Waals surface area contributed by atoms with Crippen molar-refractivity contribution in [2.75, 3.05) is 14.2 Å². The minimum absolute atomic E-state index is 0.00782. The number of hydrogen-bond acceptors (Lipinski definition) is 5. The van der Waals surface area contributed by atoms with Crippen LogP contribution in [-0.2, 0) is 6.54 Å². The third kappa shape index (κ3) is 4.29. The number of furan rings is 1. The van der Waals surface area contributed by atoms with E-state index in [0.717, 1.165) is 0 Å². The van der Waals surface area contributed by atoms with E-state index in [2.05, 4.69) is 4.74 Å². The van der Waals surface area contributed by atoms with Crippen molar-refractivity contribution in [1.82, 2.24) is 4.90 Å². The van der Waals surface area contributed by atoms with Crippen molar-refractivity contribution in [3.63, 3.8) is 0 Å². The first-order valence-corrected chi connectivity index (χ1v) is 7.43. The number of halogens is 2. The van der Waals surface area contributed by atoms with E-state index < -0.39 is 18.5 Å². The fourth-order valence-corrected chi connectivity index (χ4v) is 2.35. The fourth-order valence-electron chi connectivity index (χ4n) is 2.35. The smallest absolute Gasteiger partial charge is 0.387 e. The van der Waals surface area contributed by atoms with Gasteiger partial charge in [0.25, 0.3) is 5.91 Å². The first-order valence-electron chi connectivity index (χ1n) is 7.43. The van der Waals surface area contributed by atoms with E-state index in [1.54, 1.807) is 0 Å². The third-order valence-electron chi connectivity index (χ3n) is 3.57. The number of carbonyl (C=O) groups excluding carboxylic acids is 1. The molecule has 7 nitrogen and oxygen atoms in total. The van der Waals surface area contributed by atoms with Gasteiger partial charge in [-0.1, -0.05) is 0 Å². The van der Waals surface area contributed by atoms with Crippen molar-refractivity contribution in [2.24, 2.45) is 0 Å². The van der Waals surface area contributed by atoms with Gasteiger partial charge in [0.1, 0.15) is 17.1 Å². The Morgan fingerprint density at radius 1 is 1.27 bits per heavy atom. The summed E-state index contributed by atoms with van der Waals surface area (Å²) in [5.74, 6) is -1.20. The van der Waals surface area contributed by atoms with Gasteiger partial charge in [0.05, 0.1) is 13.7 Å². The van der Waals surface area contributed by atoms with E-state index in [-0.39, 0.29) is 34.9 Å². The van der Waals surface area contributed by atoms with Gasteiger partial charge in [-0.3, -0.25) is 4.79 Å². The molecule has 9 heteroatoms. The minimum atomic E-state index is -3.02. The second kappa shape index (κ2) is 7.85. The van der Waals surface area contributed by atoms with Crippen LogP contribution in [-0.4, -0.2) is 42.7 Å². The van der Waals surface area contributed by atoms with Crippen LogP contribution in [0, 0.1) is 6.92 Å². The molecule has 2 aromatic rings.